The number of rotatable bonds is 7. The Bertz CT molecular complexity index is 1450. The number of sulfonamides is 1. The van der Waals surface area contributed by atoms with E-state index in [0.29, 0.717) is 41.2 Å². The first-order valence-electron chi connectivity index (χ1n) is 10.7. The van der Waals surface area contributed by atoms with Gasteiger partial charge in [0.2, 0.25) is 11.8 Å². The van der Waals surface area contributed by atoms with Crippen LogP contribution in [0.1, 0.15) is 29.8 Å². The first-order chi connectivity index (χ1) is 16.3. The van der Waals surface area contributed by atoms with E-state index in [4.69, 9.17) is 9.05 Å². The zero-order valence-electron chi connectivity index (χ0n) is 18.5. The number of hydrogen-bond donors (Lipinski definition) is 2. The van der Waals surface area contributed by atoms with Crippen molar-refractivity contribution in [1.82, 2.24) is 10.3 Å². The molecule has 4 aromatic rings. The maximum Gasteiger partial charge on any atom is 0.264 e. The number of aryl methyl sites for hydroxylation is 1. The molecule has 1 saturated carbocycles. The second-order valence-electron chi connectivity index (χ2n) is 8.33. The predicted octanol–water partition coefficient (Wildman–Crippen LogP) is 4.42. The Kier molecular flexibility index (Phi) is 5.24. The van der Waals surface area contributed by atoms with Crippen LogP contribution in [0.25, 0.3) is 11.3 Å². The summed E-state index contributed by atoms with van der Waals surface area (Å²) in [5.41, 5.74) is 2.43. The van der Waals surface area contributed by atoms with Gasteiger partial charge in [0.1, 0.15) is 0 Å². The maximum atomic E-state index is 13.1. The Morgan fingerprint density at radius 1 is 0.971 bits per heavy atom. The lowest BCUT2D eigenvalue weighted by atomic mass is 10.00. The fourth-order valence-electron chi connectivity index (χ4n) is 3.62. The van der Waals surface area contributed by atoms with E-state index in [1.54, 1.807) is 32.0 Å². The summed E-state index contributed by atoms with van der Waals surface area (Å²) in [6.07, 6.45) is 1.32. The van der Waals surface area contributed by atoms with Gasteiger partial charge in [0.15, 0.2) is 5.76 Å². The molecular weight excluding hydrogens is 456 g/mol. The molecule has 34 heavy (non-hydrogen) atoms. The van der Waals surface area contributed by atoms with E-state index in [1.807, 2.05) is 30.3 Å². The minimum atomic E-state index is -3.87. The number of hydrogen-bond acceptors (Lipinski definition) is 7. The van der Waals surface area contributed by atoms with Gasteiger partial charge in [0, 0.05) is 22.9 Å². The fraction of sp³-hybridized carbons (Fsp3) is 0.208. The molecule has 1 aliphatic carbocycles. The first kappa shape index (κ1) is 21.9. The van der Waals surface area contributed by atoms with Gasteiger partial charge in [-0.15, -0.1) is 0 Å². The van der Waals surface area contributed by atoms with Crippen LogP contribution in [0.2, 0.25) is 0 Å². The van der Waals surface area contributed by atoms with Gasteiger partial charge >= 0.3 is 0 Å². The zero-order chi connectivity index (χ0) is 23.9. The molecule has 2 N–H and O–H groups in total. The van der Waals surface area contributed by atoms with E-state index < -0.39 is 15.4 Å². The molecule has 2 aromatic heterocycles. The van der Waals surface area contributed by atoms with E-state index in [-0.39, 0.29) is 16.7 Å². The number of aromatic nitrogens is 2. The third-order valence-corrected chi connectivity index (χ3v) is 7.40. The lowest BCUT2D eigenvalue weighted by molar-refractivity contribution is -0.118. The third kappa shape index (κ3) is 3.96. The Labute approximate surface area is 196 Å². The van der Waals surface area contributed by atoms with Gasteiger partial charge in [-0.25, -0.2) is 13.1 Å². The summed E-state index contributed by atoms with van der Waals surface area (Å²) in [5, 5.41) is 10.8. The summed E-state index contributed by atoms with van der Waals surface area (Å²) in [7, 11) is -3.87. The normalized spacial score (nSPS) is 14.5. The largest absolute Gasteiger partial charge is 0.356 e. The molecule has 1 fully saturated rings. The Morgan fingerprint density at radius 3 is 2.29 bits per heavy atom. The number of nitrogens with zero attached hydrogens (tertiary/aromatic N) is 2. The minimum Gasteiger partial charge on any atom is -0.356 e. The van der Waals surface area contributed by atoms with E-state index >= 15 is 0 Å². The van der Waals surface area contributed by atoms with Crippen LogP contribution in [-0.2, 0) is 20.2 Å². The second kappa shape index (κ2) is 8.14. The van der Waals surface area contributed by atoms with Crippen molar-refractivity contribution in [2.24, 2.45) is 0 Å². The van der Waals surface area contributed by atoms with Crippen LogP contribution in [0, 0.1) is 13.8 Å². The van der Waals surface area contributed by atoms with Crippen molar-refractivity contribution in [3.8, 4) is 11.3 Å². The maximum absolute atomic E-state index is 13.1. The molecule has 0 spiro atoms. The van der Waals surface area contributed by atoms with Crippen LogP contribution >= 0.6 is 0 Å². The molecule has 5 rings (SSSR count). The van der Waals surface area contributed by atoms with Crippen molar-refractivity contribution >= 4 is 27.5 Å². The van der Waals surface area contributed by atoms with Gasteiger partial charge in [-0.05, 0) is 51.0 Å². The zero-order valence-corrected chi connectivity index (χ0v) is 19.3. The van der Waals surface area contributed by atoms with E-state index in [0.717, 1.165) is 5.56 Å². The number of benzene rings is 2. The molecule has 0 bridgehead atoms. The summed E-state index contributed by atoms with van der Waals surface area (Å²) >= 11 is 0. The SMILES string of the molecule is Cc1noc(NS(=O)(=O)c2ccc(NC(=O)C3(c4cc(-c5ccccc5)on4)CC3)cc2)c1C. The van der Waals surface area contributed by atoms with Gasteiger partial charge in [-0.2, -0.15) is 0 Å². The standard InChI is InChI=1S/C24H22N4O5S/c1-15-16(2)26-33-22(15)28-34(30,31)19-10-8-18(9-11-19)25-23(29)24(12-13-24)21-14-20(32-27-21)17-6-4-3-5-7-17/h3-11,14,28H,12-13H2,1-2H3,(H,25,29). The quantitative estimate of drug-likeness (QED) is 0.402. The summed E-state index contributed by atoms with van der Waals surface area (Å²) in [6.45, 7) is 3.44. The highest BCUT2D eigenvalue weighted by atomic mass is 32.2. The van der Waals surface area contributed by atoms with Crippen LogP contribution in [-0.4, -0.2) is 24.6 Å². The Hall–Kier alpha value is -3.92. The average Bonchev–Trinajstić information content (AvgIpc) is 3.40. The lowest BCUT2D eigenvalue weighted by Gasteiger charge is -2.13. The van der Waals surface area contributed by atoms with Gasteiger partial charge in [-0.3, -0.25) is 4.79 Å². The molecule has 0 aliphatic heterocycles. The van der Waals surface area contributed by atoms with Crippen LogP contribution in [0.4, 0.5) is 11.6 Å². The molecule has 2 aromatic carbocycles. The summed E-state index contributed by atoms with van der Waals surface area (Å²) in [5.74, 6) is 0.476. The summed E-state index contributed by atoms with van der Waals surface area (Å²) in [4.78, 5) is 13.1. The second-order valence-corrected chi connectivity index (χ2v) is 10.0. The molecule has 2 heterocycles. The van der Waals surface area contributed by atoms with Crippen LogP contribution in [0.15, 0.2) is 74.6 Å². The Morgan fingerprint density at radius 2 is 1.68 bits per heavy atom. The predicted molar refractivity (Wildman–Crippen MR) is 125 cm³/mol. The third-order valence-electron chi connectivity index (χ3n) is 6.05. The highest BCUT2D eigenvalue weighted by molar-refractivity contribution is 7.92. The van der Waals surface area contributed by atoms with Gasteiger partial charge in [0.25, 0.3) is 10.0 Å². The fourth-order valence-corrected chi connectivity index (χ4v) is 4.67. The molecule has 10 heteroatoms. The molecule has 0 atom stereocenters. The molecular formula is C24H22N4O5S. The van der Waals surface area contributed by atoms with Crippen molar-refractivity contribution in [3.63, 3.8) is 0 Å². The van der Waals surface area contributed by atoms with Crippen molar-refractivity contribution in [3.05, 3.63) is 77.6 Å². The highest BCUT2D eigenvalue weighted by Gasteiger charge is 2.53. The summed E-state index contributed by atoms with van der Waals surface area (Å²) in [6, 6.07) is 17.3. The molecule has 1 aliphatic rings. The van der Waals surface area contributed by atoms with Gasteiger partial charge < -0.3 is 14.4 Å². The Balaban J connectivity index is 1.29. The van der Waals surface area contributed by atoms with E-state index in [1.165, 1.54) is 12.1 Å². The van der Waals surface area contributed by atoms with Crippen LogP contribution < -0.4 is 10.0 Å². The number of nitrogens with one attached hydrogen (secondary N) is 2. The van der Waals surface area contributed by atoms with Crippen LogP contribution in [0.3, 0.4) is 0 Å². The number of amides is 1. The molecule has 1 amide bonds. The highest BCUT2D eigenvalue weighted by Crippen LogP contribution is 2.49. The van der Waals surface area contributed by atoms with Crippen molar-refractivity contribution in [1.29, 1.82) is 0 Å². The van der Waals surface area contributed by atoms with Crippen LogP contribution in [0.5, 0.6) is 0 Å². The molecule has 0 radical (unpaired) electrons. The number of carbonyl (C=O) groups is 1. The van der Waals surface area contributed by atoms with Crippen molar-refractivity contribution in [2.75, 3.05) is 10.0 Å². The van der Waals surface area contributed by atoms with E-state index in [2.05, 4.69) is 20.4 Å². The van der Waals surface area contributed by atoms with E-state index in [9.17, 15) is 13.2 Å². The smallest absolute Gasteiger partial charge is 0.264 e. The van der Waals surface area contributed by atoms with Gasteiger partial charge in [0.05, 0.1) is 21.7 Å². The first-order valence-corrected chi connectivity index (χ1v) is 12.2. The lowest BCUT2D eigenvalue weighted by Crippen LogP contribution is -2.28. The number of anilines is 2. The molecule has 9 nitrogen and oxygen atoms in total. The molecule has 0 unspecified atom stereocenters. The van der Waals surface area contributed by atoms with Crippen molar-refractivity contribution < 1.29 is 22.3 Å². The average molecular weight is 479 g/mol. The van der Waals surface area contributed by atoms with Gasteiger partial charge in [-0.1, -0.05) is 40.6 Å². The topological polar surface area (TPSA) is 127 Å². The monoisotopic (exact) mass is 478 g/mol. The molecule has 0 saturated heterocycles. The minimum absolute atomic E-state index is 0.0316. The van der Waals surface area contributed by atoms with Crippen molar-refractivity contribution in [2.45, 2.75) is 37.0 Å². The summed E-state index contributed by atoms with van der Waals surface area (Å²) < 4.78 is 38.2. The number of carbonyl (C=O) groups excluding carboxylic acids is 1. The molecule has 174 valence electrons.